The van der Waals surface area contributed by atoms with Gasteiger partial charge in [-0.3, -0.25) is 0 Å². The maximum absolute atomic E-state index is 2.40. The first kappa shape index (κ1) is 15.7. The zero-order valence-electron chi connectivity index (χ0n) is 11.1. The number of unbranched alkanes of at least 4 members (excludes halogenated alkanes) is 2. The van der Waals surface area contributed by atoms with E-state index in [2.05, 4.69) is 58.1 Å². The summed E-state index contributed by atoms with van der Waals surface area (Å²) in [5, 5.41) is 0.769. The minimum atomic E-state index is 0.438. The van der Waals surface area contributed by atoms with Gasteiger partial charge in [-0.2, -0.15) is 23.5 Å². The van der Waals surface area contributed by atoms with Crippen molar-refractivity contribution in [2.24, 2.45) is 0 Å². The molecule has 0 aliphatic heterocycles. The SMILES string of the molecule is CCCCSC(C)C(C)(C)SCCCC. The molecule has 0 bridgehead atoms. The van der Waals surface area contributed by atoms with Gasteiger partial charge in [0, 0.05) is 10.00 Å². The highest BCUT2D eigenvalue weighted by Gasteiger charge is 2.25. The maximum Gasteiger partial charge on any atom is 0.0219 e. The summed E-state index contributed by atoms with van der Waals surface area (Å²) in [7, 11) is 0. The van der Waals surface area contributed by atoms with Crippen molar-refractivity contribution in [3.05, 3.63) is 0 Å². The van der Waals surface area contributed by atoms with E-state index in [4.69, 9.17) is 0 Å². The molecule has 15 heavy (non-hydrogen) atoms. The first-order valence-electron chi connectivity index (χ1n) is 6.30. The third-order valence-electron chi connectivity index (χ3n) is 2.82. The van der Waals surface area contributed by atoms with Gasteiger partial charge in [0.05, 0.1) is 0 Å². The molecule has 0 aromatic carbocycles. The van der Waals surface area contributed by atoms with Gasteiger partial charge in [0.25, 0.3) is 0 Å². The Morgan fingerprint density at radius 1 is 1.00 bits per heavy atom. The van der Waals surface area contributed by atoms with Crippen molar-refractivity contribution >= 4 is 23.5 Å². The summed E-state index contributed by atoms with van der Waals surface area (Å²) in [6.07, 6.45) is 5.37. The van der Waals surface area contributed by atoms with Crippen molar-refractivity contribution in [1.29, 1.82) is 0 Å². The lowest BCUT2D eigenvalue weighted by Gasteiger charge is -2.31. The molecule has 0 heterocycles. The van der Waals surface area contributed by atoms with Crippen LogP contribution in [-0.2, 0) is 0 Å². The third-order valence-corrected chi connectivity index (χ3v) is 6.17. The van der Waals surface area contributed by atoms with Crippen LogP contribution in [0.2, 0.25) is 0 Å². The van der Waals surface area contributed by atoms with Gasteiger partial charge in [0.15, 0.2) is 0 Å². The normalized spacial score (nSPS) is 14.2. The molecule has 92 valence electrons. The van der Waals surface area contributed by atoms with E-state index in [0.717, 1.165) is 5.25 Å². The second-order valence-corrected chi connectivity index (χ2v) is 7.87. The van der Waals surface area contributed by atoms with Crippen LogP contribution >= 0.6 is 23.5 Å². The summed E-state index contributed by atoms with van der Waals surface area (Å²) >= 11 is 4.29. The van der Waals surface area contributed by atoms with Crippen molar-refractivity contribution in [1.82, 2.24) is 0 Å². The van der Waals surface area contributed by atoms with Crippen LogP contribution in [0.4, 0.5) is 0 Å². The van der Waals surface area contributed by atoms with Gasteiger partial charge in [0.1, 0.15) is 0 Å². The summed E-state index contributed by atoms with van der Waals surface area (Å²) in [4.78, 5) is 0. The van der Waals surface area contributed by atoms with Gasteiger partial charge in [-0.05, 0) is 38.2 Å². The van der Waals surface area contributed by atoms with Gasteiger partial charge in [0.2, 0.25) is 0 Å². The summed E-state index contributed by atoms with van der Waals surface area (Å²) in [5.74, 6) is 2.65. The maximum atomic E-state index is 2.40. The fourth-order valence-electron chi connectivity index (χ4n) is 1.20. The molecule has 0 rings (SSSR count). The molecule has 1 unspecified atom stereocenters. The van der Waals surface area contributed by atoms with E-state index in [9.17, 15) is 0 Å². The van der Waals surface area contributed by atoms with E-state index >= 15 is 0 Å². The van der Waals surface area contributed by atoms with Crippen LogP contribution < -0.4 is 0 Å². The van der Waals surface area contributed by atoms with Crippen molar-refractivity contribution in [2.45, 2.75) is 70.3 Å². The van der Waals surface area contributed by atoms with E-state index in [1.54, 1.807) is 0 Å². The third kappa shape index (κ3) is 7.57. The van der Waals surface area contributed by atoms with Crippen LogP contribution in [0.15, 0.2) is 0 Å². The molecule has 2 heteroatoms. The average molecular weight is 249 g/mol. The van der Waals surface area contributed by atoms with Gasteiger partial charge in [-0.25, -0.2) is 0 Å². The monoisotopic (exact) mass is 248 g/mol. The molecule has 0 radical (unpaired) electrons. The standard InChI is InChI=1S/C13H28S2/c1-6-8-10-14-12(3)13(4,5)15-11-9-7-2/h12H,6-11H2,1-5H3. The summed E-state index contributed by atoms with van der Waals surface area (Å²) in [6, 6.07) is 0. The Balaban J connectivity index is 3.74. The Morgan fingerprint density at radius 3 is 2.07 bits per heavy atom. The van der Waals surface area contributed by atoms with Crippen LogP contribution in [-0.4, -0.2) is 21.5 Å². The second-order valence-electron chi connectivity index (χ2n) is 4.67. The average Bonchev–Trinajstić information content (AvgIpc) is 2.18. The fraction of sp³-hybridized carbons (Fsp3) is 1.00. The molecular weight excluding hydrogens is 220 g/mol. The Kier molecular flexibility index (Phi) is 9.22. The summed E-state index contributed by atoms with van der Waals surface area (Å²) in [5.41, 5.74) is 0. The molecule has 0 aromatic rings. The first-order chi connectivity index (χ1) is 7.04. The lowest BCUT2D eigenvalue weighted by atomic mass is 10.1. The van der Waals surface area contributed by atoms with Crippen LogP contribution in [0.25, 0.3) is 0 Å². The van der Waals surface area contributed by atoms with Crippen LogP contribution in [0.1, 0.15) is 60.3 Å². The highest BCUT2D eigenvalue weighted by atomic mass is 32.2. The van der Waals surface area contributed by atoms with Crippen LogP contribution in [0.5, 0.6) is 0 Å². The van der Waals surface area contributed by atoms with Gasteiger partial charge in [-0.1, -0.05) is 33.6 Å². The molecule has 0 nitrogen and oxygen atoms in total. The predicted molar refractivity (Wildman–Crippen MR) is 78.3 cm³/mol. The Hall–Kier alpha value is 0.700. The number of hydrogen-bond acceptors (Lipinski definition) is 2. The van der Waals surface area contributed by atoms with Crippen molar-refractivity contribution < 1.29 is 0 Å². The first-order valence-corrected chi connectivity index (χ1v) is 8.33. The molecule has 0 saturated carbocycles. The molecule has 0 N–H and O–H groups in total. The van der Waals surface area contributed by atoms with Gasteiger partial charge in [-0.15, -0.1) is 0 Å². The van der Waals surface area contributed by atoms with Crippen molar-refractivity contribution in [3.63, 3.8) is 0 Å². The quantitative estimate of drug-likeness (QED) is 0.513. The zero-order valence-corrected chi connectivity index (χ0v) is 12.8. The zero-order chi connectivity index (χ0) is 11.7. The van der Waals surface area contributed by atoms with Crippen molar-refractivity contribution in [3.8, 4) is 0 Å². The smallest absolute Gasteiger partial charge is 0.0219 e. The van der Waals surface area contributed by atoms with E-state index in [1.807, 2.05) is 0 Å². The minimum absolute atomic E-state index is 0.438. The molecule has 0 amide bonds. The second kappa shape index (κ2) is 8.81. The molecule has 0 aliphatic rings. The lowest BCUT2D eigenvalue weighted by molar-refractivity contribution is 0.697. The highest BCUT2D eigenvalue weighted by Crippen LogP contribution is 2.35. The van der Waals surface area contributed by atoms with Crippen molar-refractivity contribution in [2.75, 3.05) is 11.5 Å². The molecule has 0 spiro atoms. The topological polar surface area (TPSA) is 0 Å². The summed E-state index contributed by atoms with van der Waals surface area (Å²) < 4.78 is 0.438. The largest absolute Gasteiger partial charge is 0.157 e. The highest BCUT2D eigenvalue weighted by molar-refractivity contribution is 8.04. The molecule has 1 atom stereocenters. The molecule has 0 aromatic heterocycles. The number of thioether (sulfide) groups is 2. The van der Waals surface area contributed by atoms with E-state index in [-0.39, 0.29) is 0 Å². The van der Waals surface area contributed by atoms with Crippen LogP contribution in [0.3, 0.4) is 0 Å². The minimum Gasteiger partial charge on any atom is -0.157 e. The number of rotatable bonds is 9. The van der Waals surface area contributed by atoms with E-state index < -0.39 is 0 Å². The Bertz CT molecular complexity index is 143. The Labute approximate surface area is 105 Å². The Morgan fingerprint density at radius 2 is 1.53 bits per heavy atom. The lowest BCUT2D eigenvalue weighted by Crippen LogP contribution is -2.28. The summed E-state index contributed by atoms with van der Waals surface area (Å²) in [6.45, 7) is 11.7. The predicted octanol–water partition coefficient (Wildman–Crippen LogP) is 5.22. The molecule has 0 aliphatic carbocycles. The molecule has 0 saturated heterocycles. The van der Waals surface area contributed by atoms with Crippen LogP contribution in [0, 0.1) is 0 Å². The van der Waals surface area contributed by atoms with E-state index in [1.165, 1.54) is 37.2 Å². The molecule has 0 fully saturated rings. The van der Waals surface area contributed by atoms with Gasteiger partial charge >= 0.3 is 0 Å². The van der Waals surface area contributed by atoms with E-state index in [0.29, 0.717) is 4.75 Å². The number of hydrogen-bond donors (Lipinski definition) is 0. The molecular formula is C13H28S2. The van der Waals surface area contributed by atoms with Gasteiger partial charge < -0.3 is 0 Å². The fourth-order valence-corrected chi connectivity index (χ4v) is 4.01.